The maximum Gasteiger partial charge on any atom is 0.248 e. The number of nitrogens with one attached hydrogen (secondary N) is 1. The van der Waals surface area contributed by atoms with Crippen molar-refractivity contribution in [2.24, 2.45) is 0 Å². The standard InChI is InChI=1S/C21H17FN2O2/c22-20-9-2-1-6-17(20)10-11-21(25)24-18-7-3-8-19(13-18)26-15-16-5-4-12-23-14-16/h1-14H,15H2,(H,24,25)/b11-10+. The molecule has 0 saturated carbocycles. The summed E-state index contributed by atoms with van der Waals surface area (Å²) in [5.74, 6) is -0.0928. The monoisotopic (exact) mass is 348 g/mol. The molecule has 3 aromatic rings. The van der Waals surface area contributed by atoms with Crippen molar-refractivity contribution in [3.63, 3.8) is 0 Å². The van der Waals surface area contributed by atoms with Crippen molar-refractivity contribution in [2.45, 2.75) is 6.61 Å². The van der Waals surface area contributed by atoms with Gasteiger partial charge in [-0.1, -0.05) is 30.3 Å². The van der Waals surface area contributed by atoms with Gasteiger partial charge >= 0.3 is 0 Å². The van der Waals surface area contributed by atoms with E-state index in [0.29, 0.717) is 23.6 Å². The summed E-state index contributed by atoms with van der Waals surface area (Å²) in [6.45, 7) is 0.387. The van der Waals surface area contributed by atoms with E-state index in [9.17, 15) is 9.18 Å². The zero-order chi connectivity index (χ0) is 18.2. The number of hydrogen-bond acceptors (Lipinski definition) is 3. The van der Waals surface area contributed by atoms with E-state index in [1.165, 1.54) is 18.2 Å². The maximum atomic E-state index is 13.5. The van der Waals surface area contributed by atoms with Gasteiger partial charge in [0.05, 0.1) is 0 Å². The Labute approximate surface area is 151 Å². The third-order valence-corrected chi connectivity index (χ3v) is 3.55. The summed E-state index contributed by atoms with van der Waals surface area (Å²) in [5.41, 5.74) is 1.91. The average Bonchev–Trinajstić information content (AvgIpc) is 2.67. The molecule has 1 N–H and O–H groups in total. The molecule has 0 radical (unpaired) electrons. The van der Waals surface area contributed by atoms with E-state index in [4.69, 9.17) is 4.74 Å². The van der Waals surface area contributed by atoms with E-state index >= 15 is 0 Å². The summed E-state index contributed by atoms with van der Waals surface area (Å²) in [4.78, 5) is 16.1. The Morgan fingerprint density at radius 3 is 2.81 bits per heavy atom. The Hall–Kier alpha value is -3.47. The van der Waals surface area contributed by atoms with Crippen molar-refractivity contribution in [1.82, 2.24) is 4.98 Å². The van der Waals surface area contributed by atoms with Gasteiger partial charge in [-0.25, -0.2) is 4.39 Å². The smallest absolute Gasteiger partial charge is 0.248 e. The number of halogens is 1. The number of amides is 1. The molecular formula is C21H17FN2O2. The first kappa shape index (κ1) is 17.4. The molecule has 130 valence electrons. The summed E-state index contributed by atoms with van der Waals surface area (Å²) >= 11 is 0. The average molecular weight is 348 g/mol. The number of nitrogens with zero attached hydrogens (tertiary/aromatic N) is 1. The lowest BCUT2D eigenvalue weighted by molar-refractivity contribution is -0.111. The lowest BCUT2D eigenvalue weighted by atomic mass is 10.2. The van der Waals surface area contributed by atoms with Gasteiger partial charge in [0.2, 0.25) is 5.91 Å². The summed E-state index contributed by atoms with van der Waals surface area (Å²) in [6.07, 6.45) is 6.17. The van der Waals surface area contributed by atoms with E-state index in [1.807, 2.05) is 12.1 Å². The van der Waals surface area contributed by atoms with E-state index in [2.05, 4.69) is 10.3 Å². The van der Waals surface area contributed by atoms with Gasteiger partial charge in [0.25, 0.3) is 0 Å². The van der Waals surface area contributed by atoms with E-state index in [-0.39, 0.29) is 11.7 Å². The molecule has 1 amide bonds. The second kappa shape index (κ2) is 8.58. The number of carbonyl (C=O) groups excluding carboxylic acids is 1. The molecule has 0 aliphatic carbocycles. The highest BCUT2D eigenvalue weighted by molar-refractivity contribution is 6.02. The first-order chi connectivity index (χ1) is 12.7. The number of ether oxygens (including phenoxy) is 1. The number of benzene rings is 2. The first-order valence-corrected chi connectivity index (χ1v) is 8.06. The zero-order valence-corrected chi connectivity index (χ0v) is 13.9. The highest BCUT2D eigenvalue weighted by Crippen LogP contribution is 2.18. The highest BCUT2D eigenvalue weighted by atomic mass is 19.1. The number of pyridine rings is 1. The van der Waals surface area contributed by atoms with Crippen LogP contribution in [0.15, 0.2) is 79.1 Å². The lowest BCUT2D eigenvalue weighted by Crippen LogP contribution is -2.08. The fraction of sp³-hybridized carbons (Fsp3) is 0.0476. The van der Waals surface area contributed by atoms with Crippen LogP contribution in [0.25, 0.3) is 6.08 Å². The van der Waals surface area contributed by atoms with E-state index in [0.717, 1.165) is 5.56 Å². The molecule has 3 rings (SSSR count). The molecule has 0 spiro atoms. The fourth-order valence-electron chi connectivity index (χ4n) is 2.27. The van der Waals surface area contributed by atoms with Gasteiger partial charge in [0, 0.05) is 41.4 Å². The van der Waals surface area contributed by atoms with Crippen LogP contribution in [-0.4, -0.2) is 10.9 Å². The van der Waals surface area contributed by atoms with Gasteiger partial charge in [-0.05, 0) is 30.3 Å². The topological polar surface area (TPSA) is 51.2 Å². The number of aromatic nitrogens is 1. The Morgan fingerprint density at radius 1 is 1.12 bits per heavy atom. The predicted octanol–water partition coefficient (Wildman–Crippen LogP) is 4.45. The third kappa shape index (κ3) is 5.01. The maximum absolute atomic E-state index is 13.5. The quantitative estimate of drug-likeness (QED) is 0.670. The lowest BCUT2D eigenvalue weighted by Gasteiger charge is -2.08. The number of anilines is 1. The van der Waals surface area contributed by atoms with E-state index in [1.54, 1.807) is 54.9 Å². The summed E-state index contributed by atoms with van der Waals surface area (Å²) < 4.78 is 19.2. The highest BCUT2D eigenvalue weighted by Gasteiger charge is 2.02. The molecule has 2 aromatic carbocycles. The molecule has 26 heavy (non-hydrogen) atoms. The molecule has 0 aliphatic heterocycles. The second-order valence-corrected chi connectivity index (χ2v) is 5.52. The van der Waals surface area contributed by atoms with Gasteiger partial charge in [-0.15, -0.1) is 0 Å². The van der Waals surface area contributed by atoms with Crippen molar-refractivity contribution >= 4 is 17.7 Å². The van der Waals surface area contributed by atoms with Gasteiger partial charge in [0.15, 0.2) is 0 Å². The Morgan fingerprint density at radius 2 is 2.00 bits per heavy atom. The molecule has 0 aliphatic rings. The molecular weight excluding hydrogens is 331 g/mol. The summed E-state index contributed by atoms with van der Waals surface area (Å²) in [6, 6.07) is 17.1. The van der Waals surface area contributed by atoms with Gasteiger partial charge < -0.3 is 10.1 Å². The minimum atomic E-state index is -0.373. The van der Waals surface area contributed by atoms with E-state index < -0.39 is 0 Å². The molecule has 5 heteroatoms. The molecule has 0 fully saturated rings. The van der Waals surface area contributed by atoms with Crippen molar-refractivity contribution in [3.8, 4) is 5.75 Å². The minimum absolute atomic E-state index is 0.349. The van der Waals surface area contributed by atoms with Crippen molar-refractivity contribution in [3.05, 3.63) is 96.1 Å². The number of carbonyl (C=O) groups is 1. The first-order valence-electron chi connectivity index (χ1n) is 8.06. The normalized spacial score (nSPS) is 10.7. The molecule has 1 heterocycles. The molecule has 0 unspecified atom stereocenters. The van der Waals surface area contributed by atoms with Crippen molar-refractivity contribution in [2.75, 3.05) is 5.32 Å². The fourth-order valence-corrected chi connectivity index (χ4v) is 2.27. The molecule has 0 atom stereocenters. The molecule has 1 aromatic heterocycles. The largest absolute Gasteiger partial charge is 0.489 e. The van der Waals surface area contributed by atoms with Crippen LogP contribution in [0.5, 0.6) is 5.75 Å². The minimum Gasteiger partial charge on any atom is -0.489 e. The van der Waals surface area contributed by atoms with Crippen molar-refractivity contribution < 1.29 is 13.9 Å². The molecule has 0 saturated heterocycles. The van der Waals surface area contributed by atoms with Crippen LogP contribution in [0.3, 0.4) is 0 Å². The third-order valence-electron chi connectivity index (χ3n) is 3.55. The van der Waals surface area contributed by atoms with Crippen LogP contribution in [0.2, 0.25) is 0 Å². The molecule has 4 nitrogen and oxygen atoms in total. The van der Waals surface area contributed by atoms with Crippen LogP contribution in [-0.2, 0) is 11.4 Å². The van der Waals surface area contributed by atoms with Gasteiger partial charge in [0.1, 0.15) is 18.2 Å². The van der Waals surface area contributed by atoms with Crippen molar-refractivity contribution in [1.29, 1.82) is 0 Å². The van der Waals surface area contributed by atoms with Crippen LogP contribution < -0.4 is 10.1 Å². The Bertz CT molecular complexity index is 911. The van der Waals surface area contributed by atoms with Gasteiger partial charge in [-0.2, -0.15) is 0 Å². The molecule has 0 bridgehead atoms. The second-order valence-electron chi connectivity index (χ2n) is 5.52. The SMILES string of the molecule is O=C(/C=C/c1ccccc1F)Nc1cccc(OCc2cccnc2)c1. The summed E-state index contributed by atoms with van der Waals surface area (Å²) in [5, 5.41) is 2.73. The number of rotatable bonds is 6. The number of hydrogen-bond donors (Lipinski definition) is 1. The zero-order valence-electron chi connectivity index (χ0n) is 13.9. The Kier molecular flexibility index (Phi) is 5.72. The van der Waals surface area contributed by atoms with Gasteiger partial charge in [-0.3, -0.25) is 9.78 Å². The predicted molar refractivity (Wildman–Crippen MR) is 99.1 cm³/mol. The van der Waals surface area contributed by atoms with Crippen LogP contribution in [0.1, 0.15) is 11.1 Å². The van der Waals surface area contributed by atoms with Crippen LogP contribution in [0, 0.1) is 5.82 Å². The van der Waals surface area contributed by atoms with Crippen LogP contribution >= 0.6 is 0 Å². The van der Waals surface area contributed by atoms with Crippen LogP contribution in [0.4, 0.5) is 10.1 Å². The summed E-state index contributed by atoms with van der Waals surface area (Å²) in [7, 11) is 0. The Balaban J connectivity index is 1.59.